The first-order valence-corrected chi connectivity index (χ1v) is 6.51. The highest BCUT2D eigenvalue weighted by molar-refractivity contribution is 5.79. The highest BCUT2D eigenvalue weighted by Crippen LogP contribution is 2.33. The Morgan fingerprint density at radius 1 is 1.15 bits per heavy atom. The molecule has 0 aliphatic rings. The van der Waals surface area contributed by atoms with Crippen LogP contribution in [0.3, 0.4) is 0 Å². The van der Waals surface area contributed by atoms with Crippen molar-refractivity contribution in [2.24, 2.45) is 0 Å². The Kier molecular flexibility index (Phi) is 4.20. The number of hydrogen-bond acceptors (Lipinski definition) is 4. The van der Waals surface area contributed by atoms with E-state index in [-0.39, 0.29) is 11.4 Å². The SMILES string of the molecule is CCCc1ccccc1Nc1cccc(N)c1[N+](=O)[O-]. The molecule has 0 saturated heterocycles. The van der Waals surface area contributed by atoms with Crippen molar-refractivity contribution in [1.29, 1.82) is 0 Å². The summed E-state index contributed by atoms with van der Waals surface area (Å²) in [6, 6.07) is 12.7. The van der Waals surface area contributed by atoms with Gasteiger partial charge in [-0.1, -0.05) is 37.6 Å². The van der Waals surface area contributed by atoms with Gasteiger partial charge in [0.1, 0.15) is 11.4 Å². The maximum atomic E-state index is 11.1. The van der Waals surface area contributed by atoms with Crippen LogP contribution in [0.5, 0.6) is 0 Å². The topological polar surface area (TPSA) is 81.2 Å². The molecule has 0 aliphatic heterocycles. The molecule has 0 bridgehead atoms. The lowest BCUT2D eigenvalue weighted by Crippen LogP contribution is -2.02. The second-order valence-electron chi connectivity index (χ2n) is 4.53. The number of rotatable bonds is 5. The van der Waals surface area contributed by atoms with E-state index >= 15 is 0 Å². The monoisotopic (exact) mass is 271 g/mol. The summed E-state index contributed by atoms with van der Waals surface area (Å²) in [4.78, 5) is 10.7. The molecular weight excluding hydrogens is 254 g/mol. The molecule has 0 spiro atoms. The van der Waals surface area contributed by atoms with Crippen LogP contribution in [-0.2, 0) is 6.42 Å². The third kappa shape index (κ3) is 2.88. The van der Waals surface area contributed by atoms with Gasteiger partial charge in [0.15, 0.2) is 0 Å². The number of anilines is 3. The number of para-hydroxylation sites is 2. The Bertz CT molecular complexity index is 626. The summed E-state index contributed by atoms with van der Waals surface area (Å²) in [5, 5.41) is 14.3. The normalized spacial score (nSPS) is 10.2. The molecule has 5 nitrogen and oxygen atoms in total. The molecule has 0 atom stereocenters. The second kappa shape index (κ2) is 6.06. The summed E-state index contributed by atoms with van der Waals surface area (Å²) < 4.78 is 0. The van der Waals surface area contributed by atoms with Gasteiger partial charge >= 0.3 is 5.69 Å². The van der Waals surface area contributed by atoms with Gasteiger partial charge in [-0.3, -0.25) is 10.1 Å². The zero-order valence-electron chi connectivity index (χ0n) is 11.3. The Hall–Kier alpha value is -2.56. The van der Waals surface area contributed by atoms with Crippen LogP contribution < -0.4 is 11.1 Å². The highest BCUT2D eigenvalue weighted by Gasteiger charge is 2.18. The van der Waals surface area contributed by atoms with Crippen LogP contribution in [0.15, 0.2) is 42.5 Å². The lowest BCUT2D eigenvalue weighted by Gasteiger charge is -2.12. The van der Waals surface area contributed by atoms with Crippen LogP contribution in [0.1, 0.15) is 18.9 Å². The molecule has 0 fully saturated rings. The predicted octanol–water partition coefficient (Wildman–Crippen LogP) is 3.87. The van der Waals surface area contributed by atoms with E-state index in [9.17, 15) is 10.1 Å². The van der Waals surface area contributed by atoms with Crippen molar-refractivity contribution in [3.05, 3.63) is 58.1 Å². The van der Waals surface area contributed by atoms with Crippen molar-refractivity contribution in [3.8, 4) is 0 Å². The zero-order chi connectivity index (χ0) is 14.5. The van der Waals surface area contributed by atoms with Crippen molar-refractivity contribution in [3.63, 3.8) is 0 Å². The van der Waals surface area contributed by atoms with Crippen LogP contribution >= 0.6 is 0 Å². The van der Waals surface area contributed by atoms with Crippen molar-refractivity contribution < 1.29 is 4.92 Å². The van der Waals surface area contributed by atoms with Crippen molar-refractivity contribution >= 4 is 22.7 Å². The van der Waals surface area contributed by atoms with Gasteiger partial charge in [-0.2, -0.15) is 0 Å². The van der Waals surface area contributed by atoms with E-state index in [0.29, 0.717) is 5.69 Å². The number of aryl methyl sites for hydroxylation is 1. The number of nitrogens with two attached hydrogens (primary N) is 1. The molecule has 2 aromatic carbocycles. The lowest BCUT2D eigenvalue weighted by atomic mass is 10.1. The molecule has 20 heavy (non-hydrogen) atoms. The van der Waals surface area contributed by atoms with Crippen LogP contribution in [0.2, 0.25) is 0 Å². The second-order valence-corrected chi connectivity index (χ2v) is 4.53. The molecule has 5 heteroatoms. The molecule has 0 saturated carbocycles. The van der Waals surface area contributed by atoms with Gasteiger partial charge in [0.25, 0.3) is 0 Å². The van der Waals surface area contributed by atoms with Gasteiger partial charge in [0.2, 0.25) is 0 Å². The molecule has 0 aliphatic carbocycles. The average Bonchev–Trinajstić information content (AvgIpc) is 2.41. The summed E-state index contributed by atoms with van der Waals surface area (Å²) in [7, 11) is 0. The molecule has 104 valence electrons. The molecule has 0 amide bonds. The fraction of sp³-hybridized carbons (Fsp3) is 0.200. The number of nitrogen functional groups attached to an aromatic ring is 1. The summed E-state index contributed by atoms with van der Waals surface area (Å²) >= 11 is 0. The van der Waals surface area contributed by atoms with Crippen LogP contribution in [0.4, 0.5) is 22.7 Å². The van der Waals surface area contributed by atoms with E-state index in [1.54, 1.807) is 12.1 Å². The van der Waals surface area contributed by atoms with Crippen molar-refractivity contribution in [2.45, 2.75) is 19.8 Å². The van der Waals surface area contributed by atoms with Gasteiger partial charge in [-0.25, -0.2) is 0 Å². The third-order valence-electron chi connectivity index (χ3n) is 3.06. The maximum absolute atomic E-state index is 11.1. The first-order chi connectivity index (χ1) is 9.63. The number of nitrogens with one attached hydrogen (secondary N) is 1. The van der Waals surface area contributed by atoms with Crippen LogP contribution in [-0.4, -0.2) is 4.92 Å². The number of nitrogens with zero attached hydrogens (tertiary/aromatic N) is 1. The summed E-state index contributed by atoms with van der Waals surface area (Å²) in [5.74, 6) is 0. The molecule has 3 N–H and O–H groups in total. The van der Waals surface area contributed by atoms with Gasteiger partial charge in [-0.15, -0.1) is 0 Å². The molecule has 2 rings (SSSR count). The van der Waals surface area contributed by atoms with Gasteiger partial charge in [0, 0.05) is 5.69 Å². The summed E-state index contributed by atoms with van der Waals surface area (Å²) in [5.41, 5.74) is 8.19. The predicted molar refractivity (Wildman–Crippen MR) is 81.2 cm³/mol. The van der Waals surface area contributed by atoms with Crippen molar-refractivity contribution in [1.82, 2.24) is 0 Å². The Morgan fingerprint density at radius 3 is 2.55 bits per heavy atom. The van der Waals surface area contributed by atoms with Crippen LogP contribution in [0.25, 0.3) is 0 Å². The minimum absolute atomic E-state index is 0.0844. The largest absolute Gasteiger partial charge is 0.393 e. The lowest BCUT2D eigenvalue weighted by molar-refractivity contribution is -0.383. The Balaban J connectivity index is 2.40. The average molecular weight is 271 g/mol. The van der Waals surface area contributed by atoms with Gasteiger partial charge in [0.05, 0.1) is 4.92 Å². The molecular formula is C15H17N3O2. The number of nitro benzene ring substituents is 1. The van der Waals surface area contributed by atoms with Crippen LogP contribution in [0, 0.1) is 10.1 Å². The Labute approximate surface area is 117 Å². The summed E-state index contributed by atoms with van der Waals surface area (Å²) in [6.07, 6.45) is 1.93. The van der Waals surface area contributed by atoms with Crippen molar-refractivity contribution in [2.75, 3.05) is 11.1 Å². The third-order valence-corrected chi connectivity index (χ3v) is 3.06. The zero-order valence-corrected chi connectivity index (χ0v) is 11.3. The molecule has 0 aromatic heterocycles. The van der Waals surface area contributed by atoms with E-state index in [2.05, 4.69) is 12.2 Å². The highest BCUT2D eigenvalue weighted by atomic mass is 16.6. The maximum Gasteiger partial charge on any atom is 0.315 e. The van der Waals surface area contributed by atoms with E-state index in [1.165, 1.54) is 6.07 Å². The van der Waals surface area contributed by atoms with E-state index in [0.717, 1.165) is 24.1 Å². The van der Waals surface area contributed by atoms with E-state index in [1.807, 2.05) is 24.3 Å². The molecule has 0 radical (unpaired) electrons. The standard InChI is InChI=1S/C15H17N3O2/c1-2-6-11-7-3-4-9-13(11)17-14-10-5-8-12(16)15(14)18(19)20/h3-5,7-10,17H,2,6,16H2,1H3. The number of hydrogen-bond donors (Lipinski definition) is 2. The van der Waals surface area contributed by atoms with Gasteiger partial charge < -0.3 is 11.1 Å². The first-order valence-electron chi connectivity index (χ1n) is 6.51. The summed E-state index contributed by atoms with van der Waals surface area (Å²) in [6.45, 7) is 2.10. The number of benzene rings is 2. The quantitative estimate of drug-likeness (QED) is 0.491. The minimum Gasteiger partial charge on any atom is -0.393 e. The Morgan fingerprint density at radius 2 is 1.85 bits per heavy atom. The fourth-order valence-corrected chi connectivity index (χ4v) is 2.14. The molecule has 0 unspecified atom stereocenters. The smallest absolute Gasteiger partial charge is 0.315 e. The fourth-order valence-electron chi connectivity index (χ4n) is 2.14. The number of nitro groups is 1. The van der Waals surface area contributed by atoms with E-state index < -0.39 is 4.92 Å². The van der Waals surface area contributed by atoms with E-state index in [4.69, 9.17) is 5.73 Å². The molecule has 0 heterocycles. The first kappa shape index (κ1) is 13.9. The van der Waals surface area contributed by atoms with Gasteiger partial charge in [-0.05, 0) is 30.2 Å². The molecule has 2 aromatic rings. The minimum atomic E-state index is -0.458.